The third-order valence-corrected chi connectivity index (χ3v) is 8.96. The summed E-state index contributed by atoms with van der Waals surface area (Å²) >= 11 is 9.96. The molecule has 1 unspecified atom stereocenters. The first-order valence-electron chi connectivity index (χ1n) is 9.35. The molecule has 1 aromatic carbocycles. The summed E-state index contributed by atoms with van der Waals surface area (Å²) in [6.07, 6.45) is 2.18. The first-order chi connectivity index (χ1) is 13.7. The Kier molecular flexibility index (Phi) is 5.65. The molecule has 3 aliphatic rings. The molecule has 2 saturated heterocycles. The van der Waals surface area contributed by atoms with Crippen LogP contribution in [0.3, 0.4) is 0 Å². The highest BCUT2D eigenvalue weighted by Crippen LogP contribution is 2.46. The van der Waals surface area contributed by atoms with Gasteiger partial charge in [-0.25, -0.2) is 8.42 Å². The Hall–Kier alpha value is -1.23. The van der Waals surface area contributed by atoms with Gasteiger partial charge in [0.1, 0.15) is 4.32 Å². The zero-order valence-electron chi connectivity index (χ0n) is 15.7. The van der Waals surface area contributed by atoms with E-state index in [-0.39, 0.29) is 23.3 Å². The largest absolute Gasteiger partial charge is 0.308 e. The molecule has 3 aliphatic heterocycles. The van der Waals surface area contributed by atoms with Gasteiger partial charge in [0.15, 0.2) is 9.84 Å². The Morgan fingerprint density at radius 3 is 2.69 bits per heavy atom. The number of thiocarbonyl (C=S) groups is 1. The fourth-order valence-electron chi connectivity index (χ4n) is 3.89. The summed E-state index contributed by atoms with van der Waals surface area (Å²) in [7, 11) is -3.16. The van der Waals surface area contributed by atoms with Crippen LogP contribution in [0.15, 0.2) is 27.6 Å². The molecule has 0 aliphatic carbocycles. The Labute approximate surface area is 187 Å². The standard InChI is InChI=1S/C19H19BrN2O4S3/c1-2-3-7-21-14-5-4-11(20)9-13(14)15(17(21)23)16-18(24)22(19(27)28-16)12-6-8-29(25,26)10-12/h4-5,9,12H,2-3,6-8,10H2,1H3. The van der Waals surface area contributed by atoms with E-state index in [1.807, 2.05) is 18.2 Å². The van der Waals surface area contributed by atoms with Crippen molar-refractivity contribution in [1.82, 2.24) is 4.90 Å². The number of hydrogen-bond donors (Lipinski definition) is 0. The van der Waals surface area contributed by atoms with Crippen LogP contribution in [-0.2, 0) is 19.4 Å². The van der Waals surface area contributed by atoms with Crippen molar-refractivity contribution >= 4 is 77.1 Å². The Balaban J connectivity index is 1.77. The van der Waals surface area contributed by atoms with Crippen molar-refractivity contribution in [2.45, 2.75) is 32.2 Å². The number of fused-ring (bicyclic) bond motifs is 1. The van der Waals surface area contributed by atoms with E-state index in [9.17, 15) is 18.0 Å². The predicted octanol–water partition coefficient (Wildman–Crippen LogP) is 3.35. The van der Waals surface area contributed by atoms with E-state index >= 15 is 0 Å². The maximum Gasteiger partial charge on any atom is 0.267 e. The van der Waals surface area contributed by atoms with Crippen molar-refractivity contribution in [3.8, 4) is 0 Å². The molecule has 2 fully saturated rings. The first-order valence-corrected chi connectivity index (χ1v) is 13.2. The van der Waals surface area contributed by atoms with Crippen LogP contribution in [0.4, 0.5) is 5.69 Å². The molecule has 4 rings (SSSR count). The average molecular weight is 515 g/mol. The maximum absolute atomic E-state index is 13.3. The van der Waals surface area contributed by atoms with Crippen molar-refractivity contribution in [2.24, 2.45) is 0 Å². The van der Waals surface area contributed by atoms with Crippen LogP contribution in [0.25, 0.3) is 5.57 Å². The zero-order valence-corrected chi connectivity index (χ0v) is 19.7. The molecule has 0 radical (unpaired) electrons. The van der Waals surface area contributed by atoms with Crippen LogP contribution in [0.2, 0.25) is 0 Å². The lowest BCUT2D eigenvalue weighted by Crippen LogP contribution is -2.39. The van der Waals surface area contributed by atoms with Gasteiger partial charge in [-0.3, -0.25) is 14.5 Å². The minimum atomic E-state index is -3.16. The smallest absolute Gasteiger partial charge is 0.267 e. The molecule has 3 heterocycles. The molecule has 0 aromatic heterocycles. The number of hydrogen-bond acceptors (Lipinski definition) is 6. The fraction of sp³-hybridized carbons (Fsp3) is 0.421. The highest BCUT2D eigenvalue weighted by atomic mass is 79.9. The highest BCUT2D eigenvalue weighted by Gasteiger charge is 2.46. The molecule has 1 atom stereocenters. The van der Waals surface area contributed by atoms with Gasteiger partial charge in [0.05, 0.1) is 33.7 Å². The second kappa shape index (κ2) is 7.79. The van der Waals surface area contributed by atoms with E-state index in [1.54, 1.807) is 4.90 Å². The van der Waals surface area contributed by atoms with E-state index < -0.39 is 15.9 Å². The van der Waals surface area contributed by atoms with E-state index in [4.69, 9.17) is 12.2 Å². The molecule has 6 nitrogen and oxygen atoms in total. The van der Waals surface area contributed by atoms with E-state index in [0.29, 0.717) is 33.3 Å². The number of halogens is 1. The van der Waals surface area contributed by atoms with Crippen molar-refractivity contribution < 1.29 is 18.0 Å². The Bertz CT molecular complexity index is 1070. The molecule has 0 N–H and O–H groups in total. The first kappa shape index (κ1) is 21.0. The molecule has 29 heavy (non-hydrogen) atoms. The normalized spacial score (nSPS) is 26.0. The summed E-state index contributed by atoms with van der Waals surface area (Å²) in [5, 5.41) is 0. The monoisotopic (exact) mass is 514 g/mol. The van der Waals surface area contributed by atoms with Gasteiger partial charge in [-0.1, -0.05) is 53.3 Å². The van der Waals surface area contributed by atoms with Crippen molar-refractivity contribution in [2.75, 3.05) is 23.0 Å². The van der Waals surface area contributed by atoms with Crippen molar-refractivity contribution in [3.63, 3.8) is 0 Å². The molecule has 0 saturated carbocycles. The van der Waals surface area contributed by atoms with Gasteiger partial charge in [-0.15, -0.1) is 0 Å². The molecule has 154 valence electrons. The summed E-state index contributed by atoms with van der Waals surface area (Å²) in [5.74, 6) is -0.597. The maximum atomic E-state index is 13.3. The lowest BCUT2D eigenvalue weighted by Gasteiger charge is -2.21. The molecular formula is C19H19BrN2O4S3. The summed E-state index contributed by atoms with van der Waals surface area (Å²) in [6, 6.07) is 5.15. The number of sulfone groups is 1. The number of rotatable bonds is 4. The second-order valence-corrected chi connectivity index (χ2v) is 12.1. The van der Waals surface area contributed by atoms with Crippen LogP contribution < -0.4 is 4.90 Å². The summed E-state index contributed by atoms with van der Waals surface area (Å²) in [6.45, 7) is 2.64. The number of unbranched alkanes of at least 4 members (excludes halogenated alkanes) is 1. The lowest BCUT2D eigenvalue weighted by molar-refractivity contribution is -0.123. The topological polar surface area (TPSA) is 74.8 Å². The van der Waals surface area contributed by atoms with Gasteiger partial charge in [0.2, 0.25) is 0 Å². The van der Waals surface area contributed by atoms with Crippen molar-refractivity contribution in [1.29, 1.82) is 0 Å². The average Bonchev–Trinajstić information content (AvgIpc) is 3.24. The number of amides is 2. The van der Waals surface area contributed by atoms with E-state index in [0.717, 1.165) is 34.8 Å². The molecule has 0 bridgehead atoms. The molecule has 10 heteroatoms. The van der Waals surface area contributed by atoms with Gasteiger partial charge in [-0.2, -0.15) is 0 Å². The van der Waals surface area contributed by atoms with Gasteiger partial charge in [0.25, 0.3) is 11.8 Å². The van der Waals surface area contributed by atoms with Crippen LogP contribution in [0.5, 0.6) is 0 Å². The van der Waals surface area contributed by atoms with Crippen LogP contribution in [0.1, 0.15) is 31.7 Å². The quantitative estimate of drug-likeness (QED) is 0.453. The number of nitrogens with zero attached hydrogens (tertiary/aromatic N) is 2. The third kappa shape index (κ3) is 3.68. The summed E-state index contributed by atoms with van der Waals surface area (Å²) in [4.78, 5) is 29.9. The van der Waals surface area contributed by atoms with Crippen LogP contribution >= 0.6 is 39.9 Å². The van der Waals surface area contributed by atoms with Gasteiger partial charge >= 0.3 is 0 Å². The highest BCUT2D eigenvalue weighted by molar-refractivity contribution is 9.10. The van der Waals surface area contributed by atoms with Crippen LogP contribution in [-0.4, -0.2) is 53.5 Å². The summed E-state index contributed by atoms with van der Waals surface area (Å²) < 4.78 is 24.9. The molecule has 2 amide bonds. The Morgan fingerprint density at radius 1 is 1.28 bits per heavy atom. The Morgan fingerprint density at radius 2 is 2.03 bits per heavy atom. The number of thioether (sulfide) groups is 1. The fourth-order valence-corrected chi connectivity index (χ4v) is 7.42. The minimum Gasteiger partial charge on any atom is -0.308 e. The van der Waals surface area contributed by atoms with Crippen molar-refractivity contribution in [3.05, 3.63) is 33.1 Å². The lowest BCUT2D eigenvalue weighted by atomic mass is 10.1. The molecule has 0 spiro atoms. The van der Waals surface area contributed by atoms with E-state index in [1.165, 1.54) is 4.90 Å². The zero-order chi connectivity index (χ0) is 20.9. The molecule has 1 aromatic rings. The van der Waals surface area contributed by atoms with E-state index in [2.05, 4.69) is 22.9 Å². The predicted molar refractivity (Wildman–Crippen MR) is 122 cm³/mol. The third-order valence-electron chi connectivity index (χ3n) is 5.31. The van der Waals surface area contributed by atoms with Gasteiger partial charge in [-0.05, 0) is 31.0 Å². The number of anilines is 1. The van der Waals surface area contributed by atoms with Gasteiger partial charge in [0, 0.05) is 16.6 Å². The molecular weight excluding hydrogens is 496 g/mol. The number of carbonyl (C=O) groups is 2. The van der Waals surface area contributed by atoms with Gasteiger partial charge < -0.3 is 4.90 Å². The summed E-state index contributed by atoms with van der Waals surface area (Å²) in [5.41, 5.74) is 1.86. The SMILES string of the molecule is CCCCN1C(=O)C(=C2SC(=S)N(C3CCS(=O)(=O)C3)C2=O)c2cc(Br)ccc21. The van der Waals surface area contributed by atoms with Crippen LogP contribution in [0, 0.1) is 0 Å². The number of carbonyl (C=O) groups excluding carboxylic acids is 2. The number of benzene rings is 1. The second-order valence-electron chi connectivity index (χ2n) is 7.28. The minimum absolute atomic E-state index is 0.0557.